The summed E-state index contributed by atoms with van der Waals surface area (Å²) in [5.74, 6) is 0.873. The van der Waals surface area contributed by atoms with Crippen LogP contribution in [-0.2, 0) is 0 Å². The summed E-state index contributed by atoms with van der Waals surface area (Å²) in [5.41, 5.74) is 8.41. The van der Waals surface area contributed by atoms with Crippen LogP contribution in [0.4, 0.5) is 5.69 Å². The molecule has 0 aromatic heterocycles. The van der Waals surface area contributed by atoms with Crippen LogP contribution in [0.3, 0.4) is 0 Å². The first-order valence-corrected chi connectivity index (χ1v) is 7.17. The lowest BCUT2D eigenvalue weighted by Crippen LogP contribution is -2.32. The molecular weight excluding hydrogens is 276 g/mol. The van der Waals surface area contributed by atoms with E-state index in [0.29, 0.717) is 0 Å². The molecule has 94 valence electrons. The molecular formula is C14H21BrN2. The summed E-state index contributed by atoms with van der Waals surface area (Å²) < 4.78 is 1.13. The van der Waals surface area contributed by atoms with E-state index >= 15 is 0 Å². The van der Waals surface area contributed by atoms with Gasteiger partial charge in [0.05, 0.1) is 0 Å². The lowest BCUT2D eigenvalue weighted by Gasteiger charge is -2.32. The maximum Gasteiger partial charge on any atom is 0.0377 e. The van der Waals surface area contributed by atoms with Crippen molar-refractivity contribution in [1.29, 1.82) is 0 Å². The van der Waals surface area contributed by atoms with Crippen molar-refractivity contribution in [3.05, 3.63) is 28.2 Å². The van der Waals surface area contributed by atoms with E-state index in [1.807, 2.05) is 6.92 Å². The Bertz CT molecular complexity index is 382. The summed E-state index contributed by atoms with van der Waals surface area (Å²) in [7, 11) is 0. The molecule has 17 heavy (non-hydrogen) atoms. The maximum absolute atomic E-state index is 5.92. The van der Waals surface area contributed by atoms with Crippen molar-refractivity contribution in [2.75, 3.05) is 18.0 Å². The van der Waals surface area contributed by atoms with Gasteiger partial charge in [-0.25, -0.2) is 0 Å². The van der Waals surface area contributed by atoms with Crippen LogP contribution in [0.25, 0.3) is 0 Å². The zero-order chi connectivity index (χ0) is 12.4. The SMILES string of the molecule is CC1CCN(c2ccc(C(C)N)c(Br)c2)CC1. The largest absolute Gasteiger partial charge is 0.371 e. The molecule has 2 N–H and O–H groups in total. The van der Waals surface area contributed by atoms with Crippen LogP contribution in [0, 0.1) is 5.92 Å². The normalized spacial score (nSPS) is 19.4. The van der Waals surface area contributed by atoms with Gasteiger partial charge in [-0.2, -0.15) is 0 Å². The lowest BCUT2D eigenvalue weighted by atomic mass is 9.98. The van der Waals surface area contributed by atoms with Crippen molar-refractivity contribution >= 4 is 21.6 Å². The zero-order valence-electron chi connectivity index (χ0n) is 10.6. The third-order valence-electron chi connectivity index (χ3n) is 3.62. The van der Waals surface area contributed by atoms with Crippen molar-refractivity contribution in [1.82, 2.24) is 0 Å². The molecule has 0 saturated carbocycles. The molecule has 1 atom stereocenters. The molecule has 1 fully saturated rings. The third kappa shape index (κ3) is 3.02. The zero-order valence-corrected chi connectivity index (χ0v) is 12.2. The highest BCUT2D eigenvalue weighted by molar-refractivity contribution is 9.10. The highest BCUT2D eigenvalue weighted by atomic mass is 79.9. The van der Waals surface area contributed by atoms with Crippen LogP contribution in [0.2, 0.25) is 0 Å². The summed E-state index contributed by atoms with van der Waals surface area (Å²) in [6.07, 6.45) is 2.60. The van der Waals surface area contributed by atoms with Crippen molar-refractivity contribution in [3.8, 4) is 0 Å². The number of nitrogens with two attached hydrogens (primary N) is 1. The number of hydrogen-bond donors (Lipinski definition) is 1. The molecule has 1 heterocycles. The van der Waals surface area contributed by atoms with Crippen molar-refractivity contribution < 1.29 is 0 Å². The van der Waals surface area contributed by atoms with Crippen LogP contribution >= 0.6 is 15.9 Å². The van der Waals surface area contributed by atoms with E-state index < -0.39 is 0 Å². The van der Waals surface area contributed by atoms with Gasteiger partial charge in [0, 0.05) is 29.3 Å². The van der Waals surface area contributed by atoms with Crippen LogP contribution in [0.5, 0.6) is 0 Å². The van der Waals surface area contributed by atoms with Crippen LogP contribution in [0.1, 0.15) is 38.3 Å². The van der Waals surface area contributed by atoms with Gasteiger partial charge in [-0.3, -0.25) is 0 Å². The summed E-state index contributed by atoms with van der Waals surface area (Å²) in [6, 6.07) is 6.62. The van der Waals surface area contributed by atoms with E-state index in [0.717, 1.165) is 10.4 Å². The number of rotatable bonds is 2. The molecule has 1 aliphatic heterocycles. The molecule has 0 spiro atoms. The first-order valence-electron chi connectivity index (χ1n) is 6.38. The van der Waals surface area contributed by atoms with Crippen LogP contribution in [-0.4, -0.2) is 13.1 Å². The molecule has 0 bridgehead atoms. The number of anilines is 1. The fraction of sp³-hybridized carbons (Fsp3) is 0.571. The second kappa shape index (κ2) is 5.40. The van der Waals surface area contributed by atoms with E-state index in [2.05, 4.69) is 46.0 Å². The van der Waals surface area contributed by atoms with Gasteiger partial charge in [0.25, 0.3) is 0 Å². The van der Waals surface area contributed by atoms with E-state index in [1.54, 1.807) is 0 Å². The number of benzene rings is 1. The minimum atomic E-state index is 0.0832. The summed E-state index contributed by atoms with van der Waals surface area (Å²) in [4.78, 5) is 2.47. The van der Waals surface area contributed by atoms with Crippen LogP contribution < -0.4 is 10.6 Å². The van der Waals surface area contributed by atoms with Gasteiger partial charge in [0.2, 0.25) is 0 Å². The predicted molar refractivity (Wildman–Crippen MR) is 77.4 cm³/mol. The Morgan fingerprint density at radius 1 is 1.35 bits per heavy atom. The predicted octanol–water partition coefficient (Wildman–Crippen LogP) is 3.71. The molecule has 0 aliphatic carbocycles. The van der Waals surface area contributed by atoms with Crippen molar-refractivity contribution in [2.24, 2.45) is 11.7 Å². The van der Waals surface area contributed by atoms with E-state index in [9.17, 15) is 0 Å². The fourth-order valence-corrected chi connectivity index (χ4v) is 3.08. The Balaban J connectivity index is 2.14. The van der Waals surface area contributed by atoms with Crippen molar-refractivity contribution in [3.63, 3.8) is 0 Å². The summed E-state index contributed by atoms with van der Waals surface area (Å²) in [6.45, 7) is 6.70. The average Bonchev–Trinajstić information content (AvgIpc) is 2.29. The fourth-order valence-electron chi connectivity index (χ4n) is 2.35. The Hall–Kier alpha value is -0.540. The molecule has 2 nitrogen and oxygen atoms in total. The van der Waals surface area contributed by atoms with Gasteiger partial charge in [-0.1, -0.05) is 28.9 Å². The van der Waals surface area contributed by atoms with E-state index in [-0.39, 0.29) is 6.04 Å². The topological polar surface area (TPSA) is 29.3 Å². The van der Waals surface area contributed by atoms with Gasteiger partial charge in [-0.15, -0.1) is 0 Å². The molecule has 0 amide bonds. The molecule has 1 aromatic rings. The molecule has 3 heteroatoms. The first-order chi connectivity index (χ1) is 8.08. The third-order valence-corrected chi connectivity index (χ3v) is 4.31. The summed E-state index contributed by atoms with van der Waals surface area (Å²) in [5, 5.41) is 0. The molecule has 1 aliphatic rings. The highest BCUT2D eigenvalue weighted by Crippen LogP contribution is 2.29. The number of piperidine rings is 1. The van der Waals surface area contributed by atoms with Gasteiger partial charge >= 0.3 is 0 Å². The minimum absolute atomic E-state index is 0.0832. The second-order valence-corrected chi connectivity index (χ2v) is 6.02. The number of halogens is 1. The Morgan fingerprint density at radius 3 is 2.53 bits per heavy atom. The minimum Gasteiger partial charge on any atom is -0.371 e. The Labute approximate surface area is 112 Å². The number of hydrogen-bond acceptors (Lipinski definition) is 2. The second-order valence-electron chi connectivity index (χ2n) is 5.16. The van der Waals surface area contributed by atoms with Gasteiger partial charge in [0.1, 0.15) is 0 Å². The molecule has 0 radical (unpaired) electrons. The Morgan fingerprint density at radius 2 is 2.00 bits per heavy atom. The standard InChI is InChI=1S/C14H21BrN2/c1-10-5-7-17(8-6-10)12-3-4-13(11(2)16)14(15)9-12/h3-4,9-11H,5-8,16H2,1-2H3. The average molecular weight is 297 g/mol. The van der Waals surface area contributed by atoms with Gasteiger partial charge in [0.15, 0.2) is 0 Å². The number of nitrogens with zero attached hydrogens (tertiary/aromatic N) is 1. The van der Waals surface area contributed by atoms with Gasteiger partial charge in [-0.05, 0) is 43.4 Å². The molecule has 1 saturated heterocycles. The Kier molecular flexibility index (Phi) is 4.10. The monoisotopic (exact) mass is 296 g/mol. The molecule has 1 unspecified atom stereocenters. The van der Waals surface area contributed by atoms with E-state index in [4.69, 9.17) is 5.73 Å². The first kappa shape index (κ1) is 12.9. The molecule has 2 rings (SSSR count). The highest BCUT2D eigenvalue weighted by Gasteiger charge is 2.17. The maximum atomic E-state index is 5.92. The van der Waals surface area contributed by atoms with Gasteiger partial charge < -0.3 is 10.6 Å². The molecule has 1 aromatic carbocycles. The lowest BCUT2D eigenvalue weighted by molar-refractivity contribution is 0.438. The van der Waals surface area contributed by atoms with E-state index in [1.165, 1.54) is 37.2 Å². The summed E-state index contributed by atoms with van der Waals surface area (Å²) >= 11 is 3.62. The smallest absolute Gasteiger partial charge is 0.0377 e. The van der Waals surface area contributed by atoms with Crippen LogP contribution in [0.15, 0.2) is 22.7 Å². The quantitative estimate of drug-likeness (QED) is 0.901. The van der Waals surface area contributed by atoms with Crippen molar-refractivity contribution in [2.45, 2.75) is 32.7 Å².